The molecule has 20 heavy (non-hydrogen) atoms. The maximum absolute atomic E-state index is 4.80. The Morgan fingerprint density at radius 1 is 1.20 bits per heavy atom. The number of benzene rings is 1. The molecule has 1 aliphatic rings. The van der Waals surface area contributed by atoms with Crippen LogP contribution in [0.5, 0.6) is 0 Å². The van der Waals surface area contributed by atoms with Gasteiger partial charge in [-0.3, -0.25) is 0 Å². The molecule has 4 nitrogen and oxygen atoms in total. The van der Waals surface area contributed by atoms with Gasteiger partial charge in [0.15, 0.2) is 0 Å². The van der Waals surface area contributed by atoms with Crippen LogP contribution in [0, 0.1) is 0 Å². The van der Waals surface area contributed by atoms with Gasteiger partial charge in [-0.05, 0) is 31.5 Å². The molecule has 0 aliphatic carbocycles. The van der Waals surface area contributed by atoms with Crippen LogP contribution in [0.4, 0.5) is 5.95 Å². The van der Waals surface area contributed by atoms with Crippen LogP contribution in [0.25, 0.3) is 11.0 Å². The van der Waals surface area contributed by atoms with Crippen molar-refractivity contribution in [1.29, 1.82) is 0 Å². The first-order valence-electron chi connectivity index (χ1n) is 7.57. The van der Waals surface area contributed by atoms with E-state index in [1.807, 2.05) is 0 Å². The van der Waals surface area contributed by atoms with Gasteiger partial charge in [0.05, 0.1) is 11.0 Å². The Kier molecular flexibility index (Phi) is 3.66. The van der Waals surface area contributed by atoms with Gasteiger partial charge in [0, 0.05) is 33.2 Å². The molecule has 2 heterocycles. The van der Waals surface area contributed by atoms with E-state index in [1.54, 1.807) is 0 Å². The number of para-hydroxylation sites is 2. The lowest BCUT2D eigenvalue weighted by atomic mass is 10.0. The maximum atomic E-state index is 4.80. The van der Waals surface area contributed by atoms with Crippen LogP contribution < -0.4 is 4.90 Å². The third-order valence-corrected chi connectivity index (χ3v) is 4.35. The van der Waals surface area contributed by atoms with Crippen molar-refractivity contribution in [2.45, 2.75) is 25.8 Å². The second-order valence-corrected chi connectivity index (χ2v) is 5.83. The average molecular weight is 272 g/mol. The highest BCUT2D eigenvalue weighted by molar-refractivity contribution is 5.79. The highest BCUT2D eigenvalue weighted by Crippen LogP contribution is 2.31. The summed E-state index contributed by atoms with van der Waals surface area (Å²) in [5.74, 6) is 1.08. The number of anilines is 1. The SMILES string of the molecule is CCN1CCC(n2c(N(C)C)nc3ccccc32)CC1. The van der Waals surface area contributed by atoms with Gasteiger partial charge in [0.25, 0.3) is 0 Å². The number of rotatable bonds is 3. The largest absolute Gasteiger partial charge is 0.348 e. The van der Waals surface area contributed by atoms with Crippen molar-refractivity contribution in [2.75, 3.05) is 38.6 Å². The van der Waals surface area contributed by atoms with Gasteiger partial charge in [0.1, 0.15) is 0 Å². The topological polar surface area (TPSA) is 24.3 Å². The number of fused-ring (bicyclic) bond motifs is 1. The average Bonchev–Trinajstić information content (AvgIpc) is 2.87. The normalized spacial score (nSPS) is 17.8. The Balaban J connectivity index is 1.99. The van der Waals surface area contributed by atoms with Crippen molar-refractivity contribution < 1.29 is 0 Å². The lowest BCUT2D eigenvalue weighted by Gasteiger charge is -2.33. The summed E-state index contributed by atoms with van der Waals surface area (Å²) in [6.07, 6.45) is 2.43. The third kappa shape index (κ3) is 2.29. The summed E-state index contributed by atoms with van der Waals surface area (Å²) in [4.78, 5) is 9.47. The minimum absolute atomic E-state index is 0.572. The summed E-state index contributed by atoms with van der Waals surface area (Å²) in [5.41, 5.74) is 2.38. The number of hydrogen-bond donors (Lipinski definition) is 0. The van der Waals surface area contributed by atoms with Crippen LogP contribution in [0.1, 0.15) is 25.8 Å². The quantitative estimate of drug-likeness (QED) is 0.858. The van der Waals surface area contributed by atoms with E-state index in [2.05, 4.69) is 59.7 Å². The molecule has 0 unspecified atom stereocenters. The summed E-state index contributed by atoms with van der Waals surface area (Å²) in [6.45, 7) is 5.80. The summed E-state index contributed by atoms with van der Waals surface area (Å²) in [6, 6.07) is 9.06. The second-order valence-electron chi connectivity index (χ2n) is 5.83. The van der Waals surface area contributed by atoms with Gasteiger partial charge in [-0.1, -0.05) is 19.1 Å². The van der Waals surface area contributed by atoms with Gasteiger partial charge in [-0.15, -0.1) is 0 Å². The second kappa shape index (κ2) is 5.44. The fraction of sp³-hybridized carbons (Fsp3) is 0.562. The molecule has 0 saturated carbocycles. The molecule has 0 radical (unpaired) electrons. The van der Waals surface area contributed by atoms with Gasteiger partial charge in [-0.2, -0.15) is 0 Å². The molecule has 1 aromatic carbocycles. The van der Waals surface area contributed by atoms with Crippen LogP contribution in [0.2, 0.25) is 0 Å². The highest BCUT2D eigenvalue weighted by Gasteiger charge is 2.24. The smallest absolute Gasteiger partial charge is 0.206 e. The van der Waals surface area contributed by atoms with E-state index in [-0.39, 0.29) is 0 Å². The van der Waals surface area contributed by atoms with Crippen LogP contribution in [-0.4, -0.2) is 48.2 Å². The Morgan fingerprint density at radius 2 is 1.90 bits per heavy atom. The van der Waals surface area contributed by atoms with E-state index >= 15 is 0 Å². The standard InChI is InChI=1S/C16H24N4/c1-4-19-11-9-13(10-12-19)20-15-8-6-5-7-14(15)17-16(20)18(2)3/h5-8,13H,4,9-12H2,1-3H3. The van der Waals surface area contributed by atoms with Crippen LogP contribution in [0.15, 0.2) is 24.3 Å². The number of nitrogens with zero attached hydrogens (tertiary/aromatic N) is 4. The molecule has 108 valence electrons. The molecular formula is C16H24N4. The van der Waals surface area contributed by atoms with E-state index in [0.29, 0.717) is 6.04 Å². The van der Waals surface area contributed by atoms with E-state index < -0.39 is 0 Å². The van der Waals surface area contributed by atoms with E-state index in [0.717, 1.165) is 18.0 Å². The van der Waals surface area contributed by atoms with E-state index in [4.69, 9.17) is 4.98 Å². The van der Waals surface area contributed by atoms with Crippen molar-refractivity contribution in [3.05, 3.63) is 24.3 Å². The molecule has 1 saturated heterocycles. The molecule has 0 atom stereocenters. The summed E-state index contributed by atoms with van der Waals surface area (Å²) >= 11 is 0. The van der Waals surface area contributed by atoms with Crippen molar-refractivity contribution in [2.24, 2.45) is 0 Å². The van der Waals surface area contributed by atoms with Crippen LogP contribution in [0.3, 0.4) is 0 Å². The number of aromatic nitrogens is 2. The zero-order chi connectivity index (χ0) is 14.1. The highest BCUT2D eigenvalue weighted by atomic mass is 15.3. The van der Waals surface area contributed by atoms with Crippen molar-refractivity contribution >= 4 is 17.0 Å². The molecule has 1 fully saturated rings. The number of imidazole rings is 1. The Hall–Kier alpha value is -1.55. The minimum Gasteiger partial charge on any atom is -0.348 e. The van der Waals surface area contributed by atoms with Gasteiger partial charge in [0.2, 0.25) is 5.95 Å². The Labute approximate surface area is 121 Å². The van der Waals surface area contributed by atoms with Crippen LogP contribution >= 0.6 is 0 Å². The molecule has 4 heteroatoms. The lowest BCUT2D eigenvalue weighted by molar-refractivity contribution is 0.197. The molecule has 2 aromatic rings. The molecule has 1 aromatic heterocycles. The van der Waals surface area contributed by atoms with E-state index in [9.17, 15) is 0 Å². The zero-order valence-corrected chi connectivity index (χ0v) is 12.7. The zero-order valence-electron chi connectivity index (χ0n) is 12.7. The first-order valence-corrected chi connectivity index (χ1v) is 7.57. The molecule has 0 bridgehead atoms. The first-order chi connectivity index (χ1) is 9.70. The first kappa shape index (κ1) is 13.4. The molecule has 0 amide bonds. The van der Waals surface area contributed by atoms with Crippen LogP contribution in [-0.2, 0) is 0 Å². The third-order valence-electron chi connectivity index (χ3n) is 4.35. The summed E-state index contributed by atoms with van der Waals surface area (Å²) in [5, 5.41) is 0. The van der Waals surface area contributed by atoms with E-state index in [1.165, 1.54) is 31.4 Å². The van der Waals surface area contributed by atoms with Crippen molar-refractivity contribution in [1.82, 2.24) is 14.5 Å². The minimum atomic E-state index is 0.572. The monoisotopic (exact) mass is 272 g/mol. The van der Waals surface area contributed by atoms with Crippen molar-refractivity contribution in [3.8, 4) is 0 Å². The molecular weight excluding hydrogens is 248 g/mol. The predicted octanol–water partition coefficient (Wildman–Crippen LogP) is 2.76. The number of likely N-dealkylation sites (tertiary alicyclic amines) is 1. The molecule has 3 rings (SSSR count). The fourth-order valence-corrected chi connectivity index (χ4v) is 3.20. The lowest BCUT2D eigenvalue weighted by Crippen LogP contribution is -2.35. The Bertz CT molecular complexity index is 579. The molecule has 1 aliphatic heterocycles. The Morgan fingerprint density at radius 3 is 2.55 bits per heavy atom. The molecule has 0 spiro atoms. The summed E-state index contributed by atoms with van der Waals surface area (Å²) in [7, 11) is 4.16. The summed E-state index contributed by atoms with van der Waals surface area (Å²) < 4.78 is 2.45. The van der Waals surface area contributed by atoms with Crippen molar-refractivity contribution in [3.63, 3.8) is 0 Å². The predicted molar refractivity (Wildman–Crippen MR) is 84.4 cm³/mol. The maximum Gasteiger partial charge on any atom is 0.206 e. The molecule has 0 N–H and O–H groups in total. The fourth-order valence-electron chi connectivity index (χ4n) is 3.20. The number of hydrogen-bond acceptors (Lipinski definition) is 3. The van der Waals surface area contributed by atoms with Gasteiger partial charge in [-0.25, -0.2) is 4.98 Å². The number of piperidine rings is 1. The van der Waals surface area contributed by atoms with Gasteiger partial charge < -0.3 is 14.4 Å². The van der Waals surface area contributed by atoms with Gasteiger partial charge >= 0.3 is 0 Å².